The van der Waals surface area contributed by atoms with Gasteiger partial charge >= 0.3 is 5.97 Å². The van der Waals surface area contributed by atoms with Crippen LogP contribution in [0.4, 0.5) is 0 Å². The lowest BCUT2D eigenvalue weighted by Crippen LogP contribution is -2.61. The maximum atomic E-state index is 12.0. The fourth-order valence-corrected chi connectivity index (χ4v) is 3.90. The maximum absolute atomic E-state index is 12.0. The van der Waals surface area contributed by atoms with Crippen molar-refractivity contribution in [1.29, 1.82) is 0 Å². The summed E-state index contributed by atoms with van der Waals surface area (Å²) in [4.78, 5) is 12.0. The van der Waals surface area contributed by atoms with E-state index in [-0.39, 0.29) is 5.57 Å². The number of ether oxygens (including phenoxy) is 4. The Labute approximate surface area is 161 Å². The van der Waals surface area contributed by atoms with E-state index in [1.807, 2.05) is 0 Å². The Kier molecular flexibility index (Phi) is 6.11. The monoisotopic (exact) mass is 402 g/mol. The van der Waals surface area contributed by atoms with Crippen molar-refractivity contribution in [2.75, 3.05) is 13.7 Å². The van der Waals surface area contributed by atoms with Crippen molar-refractivity contribution in [3.63, 3.8) is 0 Å². The number of methoxy groups -OCH3 is 1. The van der Waals surface area contributed by atoms with E-state index in [0.29, 0.717) is 6.42 Å². The summed E-state index contributed by atoms with van der Waals surface area (Å²) in [6, 6.07) is 0. The molecule has 0 radical (unpaired) electrons. The summed E-state index contributed by atoms with van der Waals surface area (Å²) in [5.41, 5.74) is -1.14. The Hall–Kier alpha value is -1.53. The van der Waals surface area contributed by atoms with Crippen LogP contribution in [0.15, 0.2) is 24.0 Å². The van der Waals surface area contributed by atoms with E-state index in [1.54, 1.807) is 19.1 Å². The number of esters is 1. The van der Waals surface area contributed by atoms with Crippen LogP contribution < -0.4 is 0 Å². The minimum absolute atomic E-state index is 0.210. The summed E-state index contributed by atoms with van der Waals surface area (Å²) >= 11 is 0. The molecule has 2 aliphatic heterocycles. The summed E-state index contributed by atoms with van der Waals surface area (Å²) in [7, 11) is 1.24. The predicted octanol–water partition coefficient (Wildman–Crippen LogP) is -1.84. The van der Waals surface area contributed by atoms with Gasteiger partial charge in [0.05, 0.1) is 37.1 Å². The third-order valence-electron chi connectivity index (χ3n) is 5.64. The molecule has 1 aliphatic carbocycles. The first-order valence-electron chi connectivity index (χ1n) is 9.09. The lowest BCUT2D eigenvalue weighted by molar-refractivity contribution is -0.346. The van der Waals surface area contributed by atoms with Gasteiger partial charge in [0.25, 0.3) is 0 Å². The molecule has 3 aliphatic rings. The van der Waals surface area contributed by atoms with Crippen LogP contribution in [-0.2, 0) is 23.7 Å². The molecule has 10 nitrogen and oxygen atoms in total. The molecule has 0 aromatic rings. The van der Waals surface area contributed by atoms with Crippen molar-refractivity contribution in [1.82, 2.24) is 0 Å². The fourth-order valence-electron chi connectivity index (χ4n) is 3.90. The molecule has 28 heavy (non-hydrogen) atoms. The average Bonchev–Trinajstić information content (AvgIpc) is 3.06. The van der Waals surface area contributed by atoms with Gasteiger partial charge in [-0.15, -0.1) is 0 Å². The molecule has 1 fully saturated rings. The number of fused-ring (bicyclic) bond motifs is 1. The van der Waals surface area contributed by atoms with Gasteiger partial charge in [0.1, 0.15) is 24.4 Å². The van der Waals surface area contributed by atoms with Crippen molar-refractivity contribution in [3.05, 3.63) is 24.0 Å². The molecule has 0 aromatic heterocycles. The first-order chi connectivity index (χ1) is 13.3. The van der Waals surface area contributed by atoms with Crippen LogP contribution in [0.25, 0.3) is 0 Å². The molecule has 2 heterocycles. The van der Waals surface area contributed by atoms with Gasteiger partial charge in [-0.3, -0.25) is 0 Å². The smallest absolute Gasteiger partial charge is 0.337 e. The second-order valence-electron chi connectivity index (χ2n) is 7.16. The normalized spacial score (nSPS) is 45.2. The number of aliphatic hydroxyl groups excluding tert-OH is 4. The van der Waals surface area contributed by atoms with Gasteiger partial charge in [0, 0.05) is 5.92 Å². The molecule has 10 heteroatoms. The molecule has 0 spiro atoms. The molecule has 0 unspecified atom stereocenters. The standard InChI is InChI=1S/C18H26O10/c1-3-18(24)5-4-8-9(15(23)25-2)7-26-16(11(8)18)28-17-14(22)13(21)12(20)10(6-19)27-17/h4-5,7-8,10-14,16-17,19-22,24H,3,6H2,1-2H3/t8-,10+,11+,12+,13-,14+,16-,17-,18-/m0/s1. The molecule has 158 valence electrons. The molecule has 3 rings (SSSR count). The Morgan fingerprint density at radius 1 is 1.21 bits per heavy atom. The van der Waals surface area contributed by atoms with Crippen molar-refractivity contribution in [2.45, 2.75) is 55.9 Å². The summed E-state index contributed by atoms with van der Waals surface area (Å²) < 4.78 is 21.3. The van der Waals surface area contributed by atoms with E-state index in [0.717, 1.165) is 0 Å². The van der Waals surface area contributed by atoms with Gasteiger partial charge in [0.15, 0.2) is 6.29 Å². The number of hydrogen-bond acceptors (Lipinski definition) is 10. The summed E-state index contributed by atoms with van der Waals surface area (Å²) in [6.45, 7) is 1.16. The second kappa shape index (κ2) is 8.07. The predicted molar refractivity (Wildman–Crippen MR) is 91.2 cm³/mol. The van der Waals surface area contributed by atoms with Crippen LogP contribution in [0.2, 0.25) is 0 Å². The highest BCUT2D eigenvalue weighted by molar-refractivity contribution is 5.89. The van der Waals surface area contributed by atoms with Gasteiger partial charge in [-0.25, -0.2) is 4.79 Å². The largest absolute Gasteiger partial charge is 0.471 e. The Balaban J connectivity index is 1.85. The molecule has 0 aromatic carbocycles. The fraction of sp³-hybridized carbons (Fsp3) is 0.722. The van der Waals surface area contributed by atoms with Crippen LogP contribution in [0, 0.1) is 11.8 Å². The molecule has 0 saturated carbocycles. The third-order valence-corrected chi connectivity index (χ3v) is 5.64. The van der Waals surface area contributed by atoms with Crippen molar-refractivity contribution in [3.8, 4) is 0 Å². The highest BCUT2D eigenvalue weighted by Gasteiger charge is 2.54. The molecular formula is C18H26O10. The molecule has 5 N–H and O–H groups in total. The van der Waals surface area contributed by atoms with Crippen LogP contribution in [-0.4, -0.2) is 87.8 Å². The van der Waals surface area contributed by atoms with Crippen LogP contribution in [0.1, 0.15) is 13.3 Å². The van der Waals surface area contributed by atoms with Crippen molar-refractivity contribution < 1.29 is 49.3 Å². The SMILES string of the molecule is CC[C@]1(O)C=C[C@H]2C(C(=O)OC)=CO[C@@H](O[C@@H]3O[C@H](CO)[C@@H](O)[C@H](O)[C@H]3O)[C@@H]21. The average molecular weight is 402 g/mol. The number of hydrogen-bond donors (Lipinski definition) is 5. The molecule has 0 amide bonds. The number of rotatable bonds is 5. The molecule has 9 atom stereocenters. The number of allylic oxidation sites excluding steroid dienone is 1. The lowest BCUT2D eigenvalue weighted by Gasteiger charge is -2.44. The molecule has 1 saturated heterocycles. The van der Waals surface area contributed by atoms with Crippen LogP contribution in [0.5, 0.6) is 0 Å². The first-order valence-corrected chi connectivity index (χ1v) is 9.09. The lowest BCUT2D eigenvalue weighted by atomic mass is 9.78. The topological polar surface area (TPSA) is 155 Å². The van der Waals surface area contributed by atoms with Gasteiger partial charge < -0.3 is 44.5 Å². The third kappa shape index (κ3) is 3.45. The minimum Gasteiger partial charge on any atom is -0.471 e. The van der Waals surface area contributed by atoms with Crippen LogP contribution >= 0.6 is 0 Å². The Morgan fingerprint density at radius 2 is 1.93 bits per heavy atom. The van der Waals surface area contributed by atoms with E-state index in [1.165, 1.54) is 13.4 Å². The zero-order valence-corrected chi connectivity index (χ0v) is 15.5. The Morgan fingerprint density at radius 3 is 2.54 bits per heavy atom. The van der Waals surface area contributed by atoms with Gasteiger partial charge in [-0.05, 0) is 6.42 Å². The second-order valence-corrected chi connectivity index (χ2v) is 7.16. The number of carbonyl (C=O) groups is 1. The highest BCUT2D eigenvalue weighted by atomic mass is 16.8. The number of carbonyl (C=O) groups excluding carboxylic acids is 1. The number of aliphatic hydroxyl groups is 5. The van der Waals surface area contributed by atoms with E-state index >= 15 is 0 Å². The first kappa shape index (κ1) is 21.2. The molecular weight excluding hydrogens is 376 g/mol. The zero-order valence-electron chi connectivity index (χ0n) is 15.5. The van der Waals surface area contributed by atoms with Crippen molar-refractivity contribution >= 4 is 5.97 Å². The summed E-state index contributed by atoms with van der Waals surface area (Å²) in [5.74, 6) is -1.91. The van der Waals surface area contributed by atoms with Crippen molar-refractivity contribution in [2.24, 2.45) is 11.8 Å². The zero-order chi connectivity index (χ0) is 20.6. The highest BCUT2D eigenvalue weighted by Crippen LogP contribution is 2.47. The van der Waals surface area contributed by atoms with Gasteiger partial charge in [0.2, 0.25) is 6.29 Å². The maximum Gasteiger partial charge on any atom is 0.337 e. The van der Waals surface area contributed by atoms with Gasteiger partial charge in [-0.1, -0.05) is 19.1 Å². The molecule has 0 bridgehead atoms. The minimum atomic E-state index is -1.62. The van der Waals surface area contributed by atoms with E-state index in [4.69, 9.17) is 18.9 Å². The van der Waals surface area contributed by atoms with E-state index in [2.05, 4.69) is 0 Å². The van der Waals surface area contributed by atoms with E-state index < -0.39 is 67.0 Å². The summed E-state index contributed by atoms with van der Waals surface area (Å²) in [5, 5.41) is 50.3. The summed E-state index contributed by atoms with van der Waals surface area (Å²) in [6.07, 6.45) is -3.75. The van der Waals surface area contributed by atoms with Crippen LogP contribution in [0.3, 0.4) is 0 Å². The van der Waals surface area contributed by atoms with E-state index in [9.17, 15) is 30.3 Å². The quantitative estimate of drug-likeness (QED) is 0.262. The van der Waals surface area contributed by atoms with Gasteiger partial charge in [-0.2, -0.15) is 0 Å². The Bertz CT molecular complexity index is 646.